The number of aromatic nitrogens is 2. The third-order valence-electron chi connectivity index (χ3n) is 4.23. The molecule has 0 aliphatic carbocycles. The van der Waals surface area contributed by atoms with Gasteiger partial charge in [0.25, 0.3) is 5.91 Å². The van der Waals surface area contributed by atoms with Crippen LogP contribution in [0.1, 0.15) is 48.4 Å². The molecular weight excluding hydrogens is 384 g/mol. The third kappa shape index (κ3) is 5.06. The SMILES string of the molecule is Cc1ccc(N(C(=O)c2csnn2)[C@@H](C(=O)NC(C)(C)C)c2ccccc2)cc1. The Morgan fingerprint density at radius 3 is 2.24 bits per heavy atom. The van der Waals surface area contributed by atoms with Crippen LogP contribution in [0.3, 0.4) is 0 Å². The van der Waals surface area contributed by atoms with E-state index in [1.165, 1.54) is 4.90 Å². The molecular formula is C22H24N4O2S. The molecule has 2 aromatic carbocycles. The first-order valence-electron chi connectivity index (χ1n) is 9.30. The van der Waals surface area contributed by atoms with Gasteiger partial charge < -0.3 is 5.32 Å². The lowest BCUT2D eigenvalue weighted by Gasteiger charge is -2.33. The van der Waals surface area contributed by atoms with Crippen LogP contribution in [0, 0.1) is 6.92 Å². The smallest absolute Gasteiger partial charge is 0.280 e. The minimum Gasteiger partial charge on any atom is -0.349 e. The number of carbonyl (C=O) groups is 2. The van der Waals surface area contributed by atoms with E-state index in [0.29, 0.717) is 11.3 Å². The van der Waals surface area contributed by atoms with Crippen LogP contribution < -0.4 is 10.2 Å². The lowest BCUT2D eigenvalue weighted by atomic mass is 10.0. The van der Waals surface area contributed by atoms with Gasteiger partial charge in [0.1, 0.15) is 6.04 Å². The van der Waals surface area contributed by atoms with E-state index in [0.717, 1.165) is 17.1 Å². The van der Waals surface area contributed by atoms with Gasteiger partial charge in [-0.1, -0.05) is 52.5 Å². The molecule has 7 heteroatoms. The monoisotopic (exact) mass is 408 g/mol. The molecule has 0 aliphatic heterocycles. The molecule has 1 N–H and O–H groups in total. The summed E-state index contributed by atoms with van der Waals surface area (Å²) < 4.78 is 3.81. The van der Waals surface area contributed by atoms with Gasteiger partial charge in [-0.25, -0.2) is 0 Å². The molecule has 3 rings (SSSR count). The molecule has 0 radical (unpaired) electrons. The first-order valence-corrected chi connectivity index (χ1v) is 10.1. The second kappa shape index (κ2) is 8.53. The lowest BCUT2D eigenvalue weighted by molar-refractivity contribution is -0.123. The van der Waals surface area contributed by atoms with Crippen LogP contribution in [0.25, 0.3) is 0 Å². The molecule has 1 heterocycles. The standard InChI is InChI=1S/C22H24N4O2S/c1-15-10-12-17(13-11-15)26(21(28)18-14-29-25-24-18)19(16-8-6-5-7-9-16)20(27)23-22(2,3)4/h5-14,19H,1-4H3,(H,23,27)/t19-/m1/s1. The van der Waals surface area contributed by atoms with Crippen LogP contribution in [0.4, 0.5) is 5.69 Å². The molecule has 0 fully saturated rings. The van der Waals surface area contributed by atoms with Crippen molar-refractivity contribution in [1.29, 1.82) is 0 Å². The normalized spacial score (nSPS) is 12.3. The van der Waals surface area contributed by atoms with E-state index < -0.39 is 11.6 Å². The number of hydrogen-bond donors (Lipinski definition) is 1. The van der Waals surface area contributed by atoms with Crippen LogP contribution in [0.15, 0.2) is 60.0 Å². The van der Waals surface area contributed by atoms with Gasteiger partial charge in [-0.05, 0) is 56.9 Å². The zero-order chi connectivity index (χ0) is 21.0. The number of nitrogens with zero attached hydrogens (tertiary/aromatic N) is 3. The lowest BCUT2D eigenvalue weighted by Crippen LogP contribution is -2.49. The van der Waals surface area contributed by atoms with Crippen LogP contribution in [-0.4, -0.2) is 26.9 Å². The van der Waals surface area contributed by atoms with Crippen molar-refractivity contribution in [3.8, 4) is 0 Å². The summed E-state index contributed by atoms with van der Waals surface area (Å²) in [4.78, 5) is 28.3. The van der Waals surface area contributed by atoms with E-state index in [-0.39, 0.29) is 17.5 Å². The summed E-state index contributed by atoms with van der Waals surface area (Å²) in [7, 11) is 0. The third-order valence-corrected chi connectivity index (χ3v) is 4.73. The molecule has 0 saturated heterocycles. The van der Waals surface area contributed by atoms with E-state index in [2.05, 4.69) is 14.9 Å². The number of anilines is 1. The molecule has 2 amide bonds. The molecule has 150 valence electrons. The second-order valence-corrected chi connectivity index (χ2v) is 8.46. The number of amides is 2. The zero-order valence-corrected chi connectivity index (χ0v) is 17.7. The van der Waals surface area contributed by atoms with Gasteiger partial charge in [0.2, 0.25) is 5.91 Å². The summed E-state index contributed by atoms with van der Waals surface area (Å²) in [6.45, 7) is 7.71. The Kier molecular flexibility index (Phi) is 6.08. The quantitative estimate of drug-likeness (QED) is 0.688. The van der Waals surface area contributed by atoms with Gasteiger partial charge in [-0.3, -0.25) is 14.5 Å². The average molecular weight is 409 g/mol. The fourth-order valence-electron chi connectivity index (χ4n) is 2.96. The summed E-state index contributed by atoms with van der Waals surface area (Å²) in [5, 5.41) is 8.54. The molecule has 3 aromatic rings. The zero-order valence-electron chi connectivity index (χ0n) is 16.9. The topological polar surface area (TPSA) is 75.2 Å². The number of aryl methyl sites for hydroxylation is 1. The van der Waals surface area contributed by atoms with Gasteiger partial charge in [-0.2, -0.15) is 0 Å². The number of benzene rings is 2. The first kappa shape index (κ1) is 20.7. The molecule has 6 nitrogen and oxygen atoms in total. The van der Waals surface area contributed by atoms with Gasteiger partial charge in [0, 0.05) is 16.6 Å². The van der Waals surface area contributed by atoms with Crippen LogP contribution in [-0.2, 0) is 4.79 Å². The van der Waals surface area contributed by atoms with Gasteiger partial charge in [0.05, 0.1) is 0 Å². The maximum Gasteiger partial charge on any atom is 0.280 e. The molecule has 0 aliphatic rings. The molecule has 29 heavy (non-hydrogen) atoms. The van der Waals surface area contributed by atoms with Crippen molar-refractivity contribution in [2.75, 3.05) is 4.90 Å². The molecule has 0 unspecified atom stereocenters. The summed E-state index contributed by atoms with van der Waals surface area (Å²) in [5.41, 5.74) is 2.15. The van der Waals surface area contributed by atoms with Gasteiger partial charge >= 0.3 is 0 Å². The Balaban J connectivity index is 2.15. The fraction of sp³-hybridized carbons (Fsp3) is 0.273. The molecule has 1 atom stereocenters. The summed E-state index contributed by atoms with van der Waals surface area (Å²) >= 11 is 1.10. The average Bonchev–Trinajstić information content (AvgIpc) is 3.20. The Labute approximate surface area is 174 Å². The largest absolute Gasteiger partial charge is 0.349 e. The van der Waals surface area contributed by atoms with Crippen LogP contribution in [0.5, 0.6) is 0 Å². The van der Waals surface area contributed by atoms with E-state index in [1.807, 2.05) is 82.3 Å². The number of carbonyl (C=O) groups excluding carboxylic acids is 2. The van der Waals surface area contributed by atoms with E-state index >= 15 is 0 Å². The number of nitrogens with one attached hydrogen (secondary N) is 1. The minimum absolute atomic E-state index is 0.208. The van der Waals surface area contributed by atoms with Gasteiger partial charge in [-0.15, -0.1) is 5.10 Å². The highest BCUT2D eigenvalue weighted by molar-refractivity contribution is 7.03. The van der Waals surface area contributed by atoms with Crippen LogP contribution >= 0.6 is 11.5 Å². The molecule has 0 spiro atoms. The van der Waals surface area contributed by atoms with E-state index in [9.17, 15) is 9.59 Å². The number of hydrogen-bond acceptors (Lipinski definition) is 5. The highest BCUT2D eigenvalue weighted by Gasteiger charge is 2.35. The Bertz CT molecular complexity index is 964. The van der Waals surface area contributed by atoms with Crippen molar-refractivity contribution < 1.29 is 9.59 Å². The van der Waals surface area contributed by atoms with Crippen molar-refractivity contribution in [1.82, 2.24) is 14.9 Å². The van der Waals surface area contributed by atoms with E-state index in [1.54, 1.807) is 5.38 Å². The van der Waals surface area contributed by atoms with Crippen molar-refractivity contribution >= 4 is 29.0 Å². The summed E-state index contributed by atoms with van der Waals surface area (Å²) in [5.74, 6) is -0.638. The number of rotatable bonds is 5. The second-order valence-electron chi connectivity index (χ2n) is 7.85. The van der Waals surface area contributed by atoms with Crippen molar-refractivity contribution in [3.63, 3.8) is 0 Å². The Hall–Kier alpha value is -3.06. The molecule has 0 bridgehead atoms. The maximum absolute atomic E-state index is 13.4. The summed E-state index contributed by atoms with van der Waals surface area (Å²) in [6.07, 6.45) is 0. The van der Waals surface area contributed by atoms with Crippen molar-refractivity contribution in [3.05, 3.63) is 76.8 Å². The fourth-order valence-corrected chi connectivity index (χ4v) is 3.39. The van der Waals surface area contributed by atoms with Crippen LogP contribution in [0.2, 0.25) is 0 Å². The minimum atomic E-state index is -0.854. The summed E-state index contributed by atoms with van der Waals surface area (Å²) in [6, 6.07) is 15.9. The molecule has 0 saturated carbocycles. The highest BCUT2D eigenvalue weighted by atomic mass is 32.1. The molecule has 1 aromatic heterocycles. The maximum atomic E-state index is 13.4. The first-order chi connectivity index (χ1) is 13.8. The highest BCUT2D eigenvalue weighted by Crippen LogP contribution is 2.30. The predicted molar refractivity (Wildman–Crippen MR) is 115 cm³/mol. The Morgan fingerprint density at radius 1 is 1.03 bits per heavy atom. The van der Waals surface area contributed by atoms with E-state index in [4.69, 9.17) is 0 Å². The van der Waals surface area contributed by atoms with Gasteiger partial charge in [0.15, 0.2) is 5.69 Å². The predicted octanol–water partition coefficient (Wildman–Crippen LogP) is 4.15. The van der Waals surface area contributed by atoms with Crippen molar-refractivity contribution in [2.24, 2.45) is 0 Å². The van der Waals surface area contributed by atoms with Crippen molar-refractivity contribution in [2.45, 2.75) is 39.3 Å². The Morgan fingerprint density at radius 2 is 1.69 bits per heavy atom.